The van der Waals surface area contributed by atoms with Gasteiger partial charge in [0.05, 0.1) is 11.7 Å². The van der Waals surface area contributed by atoms with Crippen molar-refractivity contribution in [3.8, 4) is 0 Å². The molecule has 1 fully saturated rings. The van der Waals surface area contributed by atoms with Gasteiger partial charge in [0, 0.05) is 5.38 Å². The van der Waals surface area contributed by atoms with Crippen LogP contribution >= 0.6 is 11.5 Å². The fourth-order valence-corrected chi connectivity index (χ4v) is 2.52. The van der Waals surface area contributed by atoms with Gasteiger partial charge in [0.25, 0.3) is 0 Å². The van der Waals surface area contributed by atoms with E-state index in [2.05, 4.69) is 4.37 Å². The van der Waals surface area contributed by atoms with E-state index in [9.17, 15) is 0 Å². The molecule has 66 valence electrons. The summed E-state index contributed by atoms with van der Waals surface area (Å²) in [7, 11) is 0. The van der Waals surface area contributed by atoms with Gasteiger partial charge in [-0.05, 0) is 36.4 Å². The third-order valence-electron chi connectivity index (χ3n) is 2.71. The number of nitrogens with two attached hydrogens (primary N) is 1. The van der Waals surface area contributed by atoms with Gasteiger partial charge in [0.1, 0.15) is 0 Å². The molecule has 0 radical (unpaired) electrons. The first kappa shape index (κ1) is 8.20. The van der Waals surface area contributed by atoms with Crippen LogP contribution in [-0.4, -0.2) is 4.37 Å². The molecule has 2 N–H and O–H groups in total. The fourth-order valence-electron chi connectivity index (χ4n) is 1.95. The second-order valence-corrected chi connectivity index (χ2v) is 4.16. The molecule has 0 saturated heterocycles. The quantitative estimate of drug-likeness (QED) is 0.762. The molecule has 0 aromatic carbocycles. The van der Waals surface area contributed by atoms with Crippen molar-refractivity contribution in [3.05, 3.63) is 17.1 Å². The summed E-state index contributed by atoms with van der Waals surface area (Å²) in [6, 6.07) is 2.24. The van der Waals surface area contributed by atoms with Gasteiger partial charge >= 0.3 is 0 Å². The Morgan fingerprint density at radius 1 is 1.50 bits per heavy atom. The Hall–Kier alpha value is -0.410. The SMILES string of the molecule is NC(c1ccsn1)C1CCCC1. The number of nitrogens with zero attached hydrogens (tertiary/aromatic N) is 1. The minimum atomic E-state index is 0.193. The highest BCUT2D eigenvalue weighted by Crippen LogP contribution is 2.33. The molecule has 1 aromatic rings. The minimum absolute atomic E-state index is 0.193. The first-order valence-corrected chi connectivity index (χ1v) is 5.37. The lowest BCUT2D eigenvalue weighted by atomic mass is 9.96. The Bertz CT molecular complexity index is 227. The highest BCUT2D eigenvalue weighted by Gasteiger charge is 2.24. The second kappa shape index (κ2) is 3.54. The summed E-state index contributed by atoms with van der Waals surface area (Å²) in [4.78, 5) is 0. The van der Waals surface area contributed by atoms with Gasteiger partial charge in [-0.15, -0.1) is 0 Å². The standard InChI is InChI=1S/C9H14N2S/c10-9(7-3-1-2-4-7)8-5-6-12-11-8/h5-7,9H,1-4,10H2. The van der Waals surface area contributed by atoms with Crippen LogP contribution < -0.4 is 5.73 Å². The molecule has 12 heavy (non-hydrogen) atoms. The van der Waals surface area contributed by atoms with E-state index in [0.29, 0.717) is 5.92 Å². The second-order valence-electron chi connectivity index (χ2n) is 3.49. The average Bonchev–Trinajstić information content (AvgIpc) is 2.77. The van der Waals surface area contributed by atoms with Crippen LogP contribution in [0.15, 0.2) is 11.4 Å². The number of aromatic nitrogens is 1. The van der Waals surface area contributed by atoms with Crippen LogP contribution in [0.3, 0.4) is 0 Å². The third kappa shape index (κ3) is 1.52. The zero-order valence-corrected chi connectivity index (χ0v) is 7.89. The van der Waals surface area contributed by atoms with Crippen molar-refractivity contribution in [2.45, 2.75) is 31.7 Å². The summed E-state index contributed by atoms with van der Waals surface area (Å²) in [5.41, 5.74) is 7.18. The molecule has 1 aromatic heterocycles. The van der Waals surface area contributed by atoms with Crippen molar-refractivity contribution in [2.24, 2.45) is 11.7 Å². The maximum atomic E-state index is 6.09. The van der Waals surface area contributed by atoms with E-state index >= 15 is 0 Å². The van der Waals surface area contributed by atoms with Gasteiger partial charge in [0.15, 0.2) is 0 Å². The Kier molecular flexibility index (Phi) is 2.42. The Balaban J connectivity index is 2.04. The van der Waals surface area contributed by atoms with Crippen LogP contribution in [0.5, 0.6) is 0 Å². The predicted molar refractivity (Wildman–Crippen MR) is 51.0 cm³/mol. The van der Waals surface area contributed by atoms with E-state index in [1.54, 1.807) is 0 Å². The molecule has 0 bridgehead atoms. The molecule has 0 amide bonds. The van der Waals surface area contributed by atoms with E-state index in [0.717, 1.165) is 5.69 Å². The molecular formula is C9H14N2S. The average molecular weight is 182 g/mol. The van der Waals surface area contributed by atoms with Gasteiger partial charge in [-0.2, -0.15) is 4.37 Å². The topological polar surface area (TPSA) is 38.9 Å². The van der Waals surface area contributed by atoms with Crippen molar-refractivity contribution >= 4 is 11.5 Å². The van der Waals surface area contributed by atoms with Gasteiger partial charge in [-0.25, -0.2) is 0 Å². The van der Waals surface area contributed by atoms with Crippen molar-refractivity contribution in [1.82, 2.24) is 4.37 Å². The molecule has 2 rings (SSSR count). The largest absolute Gasteiger partial charge is 0.322 e. The molecule has 3 heteroatoms. The number of hydrogen-bond acceptors (Lipinski definition) is 3. The number of rotatable bonds is 2. The monoisotopic (exact) mass is 182 g/mol. The van der Waals surface area contributed by atoms with Crippen LogP contribution in [0.25, 0.3) is 0 Å². The van der Waals surface area contributed by atoms with E-state index in [1.807, 2.05) is 11.4 Å². The summed E-state index contributed by atoms with van der Waals surface area (Å²) in [5.74, 6) is 0.687. The van der Waals surface area contributed by atoms with Crippen molar-refractivity contribution < 1.29 is 0 Å². The lowest BCUT2D eigenvalue weighted by Crippen LogP contribution is -2.19. The van der Waals surface area contributed by atoms with Crippen molar-refractivity contribution in [2.75, 3.05) is 0 Å². The smallest absolute Gasteiger partial charge is 0.0712 e. The molecule has 0 aliphatic heterocycles. The third-order valence-corrected chi connectivity index (χ3v) is 3.28. The zero-order valence-electron chi connectivity index (χ0n) is 7.07. The Labute approximate surface area is 77.0 Å². The highest BCUT2D eigenvalue weighted by molar-refractivity contribution is 7.03. The highest BCUT2D eigenvalue weighted by atomic mass is 32.1. The molecule has 1 saturated carbocycles. The molecule has 1 aliphatic carbocycles. The maximum Gasteiger partial charge on any atom is 0.0712 e. The summed E-state index contributed by atoms with van der Waals surface area (Å²) >= 11 is 1.50. The van der Waals surface area contributed by atoms with Crippen molar-refractivity contribution in [1.29, 1.82) is 0 Å². The summed E-state index contributed by atoms with van der Waals surface area (Å²) < 4.78 is 4.28. The van der Waals surface area contributed by atoms with E-state index in [1.165, 1.54) is 37.2 Å². The van der Waals surface area contributed by atoms with Gasteiger partial charge in [-0.1, -0.05) is 12.8 Å². The maximum absolute atomic E-state index is 6.09. The first-order chi connectivity index (χ1) is 5.88. The number of hydrogen-bond donors (Lipinski definition) is 1. The van der Waals surface area contributed by atoms with Gasteiger partial charge < -0.3 is 5.73 Å². The summed E-state index contributed by atoms with van der Waals surface area (Å²) in [5, 5.41) is 2.00. The fraction of sp³-hybridized carbons (Fsp3) is 0.667. The van der Waals surface area contributed by atoms with E-state index in [-0.39, 0.29) is 6.04 Å². The molecule has 0 spiro atoms. The van der Waals surface area contributed by atoms with Crippen LogP contribution in [0.4, 0.5) is 0 Å². The van der Waals surface area contributed by atoms with Gasteiger partial charge in [0.2, 0.25) is 0 Å². The Morgan fingerprint density at radius 2 is 2.25 bits per heavy atom. The van der Waals surface area contributed by atoms with E-state index < -0.39 is 0 Å². The lowest BCUT2D eigenvalue weighted by Gasteiger charge is -2.15. The van der Waals surface area contributed by atoms with Crippen LogP contribution in [-0.2, 0) is 0 Å². The molecule has 1 unspecified atom stereocenters. The van der Waals surface area contributed by atoms with E-state index in [4.69, 9.17) is 5.73 Å². The molecule has 1 aliphatic rings. The molecule has 1 atom stereocenters. The molecule has 2 nitrogen and oxygen atoms in total. The van der Waals surface area contributed by atoms with Crippen LogP contribution in [0, 0.1) is 5.92 Å². The predicted octanol–water partition coefficient (Wildman–Crippen LogP) is 2.33. The van der Waals surface area contributed by atoms with Crippen molar-refractivity contribution in [3.63, 3.8) is 0 Å². The molecule has 1 heterocycles. The molecular weight excluding hydrogens is 168 g/mol. The zero-order chi connectivity index (χ0) is 8.39. The van der Waals surface area contributed by atoms with Gasteiger partial charge in [-0.3, -0.25) is 0 Å². The minimum Gasteiger partial charge on any atom is -0.322 e. The summed E-state index contributed by atoms with van der Waals surface area (Å²) in [6.07, 6.45) is 5.28. The normalized spacial score (nSPS) is 21.4. The Morgan fingerprint density at radius 3 is 2.83 bits per heavy atom. The lowest BCUT2D eigenvalue weighted by molar-refractivity contribution is 0.439. The first-order valence-electron chi connectivity index (χ1n) is 4.54. The summed E-state index contributed by atoms with van der Waals surface area (Å²) in [6.45, 7) is 0. The van der Waals surface area contributed by atoms with Crippen LogP contribution in [0.2, 0.25) is 0 Å². The van der Waals surface area contributed by atoms with Crippen LogP contribution in [0.1, 0.15) is 37.4 Å².